The predicted molar refractivity (Wildman–Crippen MR) is 85.4 cm³/mol. The molecule has 0 saturated carbocycles. The highest BCUT2D eigenvalue weighted by Crippen LogP contribution is 2.25. The van der Waals surface area contributed by atoms with Crippen molar-refractivity contribution in [1.82, 2.24) is 4.98 Å². The van der Waals surface area contributed by atoms with Crippen LogP contribution >= 0.6 is 0 Å². The van der Waals surface area contributed by atoms with Crippen LogP contribution in [0.3, 0.4) is 0 Å². The van der Waals surface area contributed by atoms with Crippen LogP contribution in [0.25, 0.3) is 0 Å². The van der Waals surface area contributed by atoms with E-state index in [-0.39, 0.29) is 6.04 Å². The first-order valence-electron chi connectivity index (χ1n) is 7.05. The lowest BCUT2D eigenvalue weighted by Gasteiger charge is -2.21. The lowest BCUT2D eigenvalue weighted by Crippen LogP contribution is -2.13. The number of pyridine rings is 1. The van der Waals surface area contributed by atoms with Crippen molar-refractivity contribution in [3.63, 3.8) is 0 Å². The first-order chi connectivity index (χ1) is 9.51. The molecule has 0 unspecified atom stereocenters. The summed E-state index contributed by atoms with van der Waals surface area (Å²) in [5.41, 5.74) is 11.7. The van der Waals surface area contributed by atoms with Gasteiger partial charge in [-0.05, 0) is 55.7 Å². The van der Waals surface area contributed by atoms with Crippen LogP contribution in [0, 0.1) is 13.8 Å². The monoisotopic (exact) mass is 269 g/mol. The normalized spacial score (nSPS) is 12.2. The Bertz CT molecular complexity index is 555. The first-order valence-corrected chi connectivity index (χ1v) is 7.05. The fourth-order valence-electron chi connectivity index (χ4n) is 2.32. The van der Waals surface area contributed by atoms with Gasteiger partial charge in [-0.15, -0.1) is 0 Å². The summed E-state index contributed by atoms with van der Waals surface area (Å²) in [6.45, 7) is 6.31. The zero-order chi connectivity index (χ0) is 14.7. The minimum atomic E-state index is 0.0237. The summed E-state index contributed by atoms with van der Waals surface area (Å²) in [6, 6.07) is 10.7. The Morgan fingerprint density at radius 1 is 1.10 bits per heavy atom. The van der Waals surface area contributed by atoms with Gasteiger partial charge in [0.2, 0.25) is 0 Å². The lowest BCUT2D eigenvalue weighted by atomic mass is 10.1. The standard InChI is InChI=1S/C17H23N3/c1-5-16(18)17-7-6-14(11-19-17)20(4)15-9-12(2)8-13(3)10-15/h6-11,16H,5,18H2,1-4H3/t16-/m0/s1. The van der Waals surface area contributed by atoms with Crippen molar-refractivity contribution >= 4 is 11.4 Å². The van der Waals surface area contributed by atoms with Crippen LogP contribution in [-0.4, -0.2) is 12.0 Å². The van der Waals surface area contributed by atoms with E-state index in [0.717, 1.165) is 17.8 Å². The van der Waals surface area contributed by atoms with Crippen LogP contribution in [0.2, 0.25) is 0 Å². The van der Waals surface area contributed by atoms with Crippen molar-refractivity contribution in [2.45, 2.75) is 33.2 Å². The Kier molecular flexibility index (Phi) is 4.40. The minimum Gasteiger partial charge on any atom is -0.343 e. The molecule has 0 fully saturated rings. The highest BCUT2D eigenvalue weighted by Gasteiger charge is 2.08. The third-order valence-electron chi connectivity index (χ3n) is 3.57. The maximum Gasteiger partial charge on any atom is 0.0594 e. The number of nitrogens with two attached hydrogens (primary N) is 1. The van der Waals surface area contributed by atoms with Gasteiger partial charge in [0.1, 0.15) is 0 Å². The number of anilines is 2. The smallest absolute Gasteiger partial charge is 0.0594 e. The maximum absolute atomic E-state index is 6.00. The van der Waals surface area contributed by atoms with Crippen LogP contribution in [-0.2, 0) is 0 Å². The fourth-order valence-corrected chi connectivity index (χ4v) is 2.32. The molecule has 2 N–H and O–H groups in total. The average molecular weight is 269 g/mol. The third kappa shape index (κ3) is 3.17. The van der Waals surface area contributed by atoms with E-state index in [9.17, 15) is 0 Å². The van der Waals surface area contributed by atoms with Crippen molar-refractivity contribution < 1.29 is 0 Å². The maximum atomic E-state index is 6.00. The van der Waals surface area contributed by atoms with Gasteiger partial charge in [0.25, 0.3) is 0 Å². The molecule has 1 aromatic heterocycles. The highest BCUT2D eigenvalue weighted by molar-refractivity contribution is 5.63. The summed E-state index contributed by atoms with van der Waals surface area (Å²) in [7, 11) is 2.06. The molecule has 1 heterocycles. The number of aryl methyl sites for hydroxylation is 2. The summed E-state index contributed by atoms with van der Waals surface area (Å²) in [5, 5.41) is 0. The largest absolute Gasteiger partial charge is 0.343 e. The predicted octanol–water partition coefficient (Wildman–Crippen LogP) is 3.88. The van der Waals surface area contributed by atoms with Gasteiger partial charge in [-0.25, -0.2) is 0 Å². The molecule has 1 aromatic carbocycles. The Labute approximate surface area is 121 Å². The molecule has 20 heavy (non-hydrogen) atoms. The highest BCUT2D eigenvalue weighted by atomic mass is 15.1. The van der Waals surface area contributed by atoms with Crippen LogP contribution in [0.15, 0.2) is 36.5 Å². The molecule has 2 rings (SSSR count). The van der Waals surface area contributed by atoms with Gasteiger partial charge >= 0.3 is 0 Å². The molecule has 0 radical (unpaired) electrons. The summed E-state index contributed by atoms with van der Waals surface area (Å²) in [5.74, 6) is 0. The second kappa shape index (κ2) is 6.06. The van der Waals surface area contributed by atoms with Crippen molar-refractivity contribution in [1.29, 1.82) is 0 Å². The van der Waals surface area contributed by atoms with E-state index in [4.69, 9.17) is 5.73 Å². The molecule has 0 saturated heterocycles. The van der Waals surface area contributed by atoms with Crippen molar-refractivity contribution in [3.05, 3.63) is 53.3 Å². The lowest BCUT2D eigenvalue weighted by molar-refractivity contribution is 0.675. The second-order valence-corrected chi connectivity index (χ2v) is 5.36. The zero-order valence-electron chi connectivity index (χ0n) is 12.7. The molecule has 0 aliphatic rings. The summed E-state index contributed by atoms with van der Waals surface area (Å²) >= 11 is 0. The summed E-state index contributed by atoms with van der Waals surface area (Å²) in [4.78, 5) is 6.62. The van der Waals surface area contributed by atoms with Crippen LogP contribution in [0.1, 0.15) is 36.2 Å². The SMILES string of the molecule is CC[C@H](N)c1ccc(N(C)c2cc(C)cc(C)c2)cn1. The Morgan fingerprint density at radius 3 is 2.25 bits per heavy atom. The first kappa shape index (κ1) is 14.5. The summed E-state index contributed by atoms with van der Waals surface area (Å²) < 4.78 is 0. The van der Waals surface area contributed by atoms with Crippen molar-refractivity contribution in [2.75, 3.05) is 11.9 Å². The van der Waals surface area contributed by atoms with Crippen molar-refractivity contribution in [2.24, 2.45) is 5.73 Å². The Morgan fingerprint density at radius 2 is 1.75 bits per heavy atom. The van der Waals surface area contributed by atoms with Gasteiger partial charge in [-0.1, -0.05) is 13.0 Å². The van der Waals surface area contributed by atoms with Crippen LogP contribution < -0.4 is 10.6 Å². The van der Waals surface area contributed by atoms with Crippen LogP contribution in [0.5, 0.6) is 0 Å². The van der Waals surface area contributed by atoms with Crippen molar-refractivity contribution in [3.8, 4) is 0 Å². The van der Waals surface area contributed by atoms with Gasteiger partial charge in [-0.3, -0.25) is 4.98 Å². The van der Waals surface area contributed by atoms with Gasteiger partial charge < -0.3 is 10.6 Å². The number of hydrogen-bond acceptors (Lipinski definition) is 3. The van der Waals surface area contributed by atoms with E-state index in [1.54, 1.807) is 0 Å². The molecule has 2 aromatic rings. The molecular weight excluding hydrogens is 246 g/mol. The molecule has 1 atom stereocenters. The molecule has 3 heteroatoms. The van der Waals surface area contributed by atoms with E-state index in [1.165, 1.54) is 16.8 Å². The number of benzene rings is 1. The molecule has 0 aliphatic heterocycles. The molecule has 3 nitrogen and oxygen atoms in total. The van der Waals surface area contributed by atoms with Gasteiger partial charge in [-0.2, -0.15) is 0 Å². The Balaban J connectivity index is 2.26. The van der Waals surface area contributed by atoms with Gasteiger partial charge in [0.15, 0.2) is 0 Å². The van der Waals surface area contributed by atoms with Crippen LogP contribution in [0.4, 0.5) is 11.4 Å². The van der Waals surface area contributed by atoms with Gasteiger partial charge in [0, 0.05) is 18.8 Å². The van der Waals surface area contributed by atoms with E-state index in [2.05, 4.69) is 62.0 Å². The number of aromatic nitrogens is 1. The van der Waals surface area contributed by atoms with Gasteiger partial charge in [0.05, 0.1) is 17.6 Å². The molecular formula is C17H23N3. The average Bonchev–Trinajstić information content (AvgIpc) is 2.45. The minimum absolute atomic E-state index is 0.0237. The molecule has 0 bridgehead atoms. The quantitative estimate of drug-likeness (QED) is 0.916. The van der Waals surface area contributed by atoms with E-state index in [0.29, 0.717) is 0 Å². The molecule has 0 amide bonds. The molecule has 106 valence electrons. The molecule has 0 spiro atoms. The van der Waals surface area contributed by atoms with E-state index >= 15 is 0 Å². The number of nitrogens with zero attached hydrogens (tertiary/aromatic N) is 2. The van der Waals surface area contributed by atoms with E-state index < -0.39 is 0 Å². The third-order valence-corrected chi connectivity index (χ3v) is 3.57. The molecule has 0 aliphatic carbocycles. The number of hydrogen-bond donors (Lipinski definition) is 1. The zero-order valence-corrected chi connectivity index (χ0v) is 12.7. The Hall–Kier alpha value is -1.87. The topological polar surface area (TPSA) is 42.1 Å². The fraction of sp³-hybridized carbons (Fsp3) is 0.353. The second-order valence-electron chi connectivity index (χ2n) is 5.36. The van der Waals surface area contributed by atoms with E-state index in [1.807, 2.05) is 12.3 Å². The summed E-state index contributed by atoms with van der Waals surface area (Å²) in [6.07, 6.45) is 2.79. The number of rotatable bonds is 4.